The van der Waals surface area contributed by atoms with Gasteiger partial charge in [0, 0.05) is 0 Å². The number of furan rings is 1. The molecule has 0 aliphatic carbocycles. The Labute approximate surface area is 74.0 Å². The van der Waals surface area contributed by atoms with E-state index in [0.717, 1.165) is 12.3 Å². The van der Waals surface area contributed by atoms with Crippen LogP contribution < -0.4 is 5.32 Å². The van der Waals surface area contributed by atoms with Crippen molar-refractivity contribution in [3.63, 3.8) is 0 Å². The molecule has 0 aliphatic heterocycles. The van der Waals surface area contributed by atoms with Crippen molar-refractivity contribution in [1.29, 1.82) is 0 Å². The maximum atomic E-state index is 5.26. The van der Waals surface area contributed by atoms with Crippen molar-refractivity contribution in [2.45, 2.75) is 32.7 Å². The Bertz CT molecular complexity index is 194. The molecule has 1 atom stereocenters. The van der Waals surface area contributed by atoms with Crippen molar-refractivity contribution in [3.8, 4) is 0 Å². The number of hydrogen-bond acceptors (Lipinski definition) is 2. The molecule has 1 aromatic rings. The van der Waals surface area contributed by atoms with Crippen molar-refractivity contribution in [3.05, 3.63) is 24.2 Å². The van der Waals surface area contributed by atoms with E-state index in [0.29, 0.717) is 6.04 Å². The zero-order valence-corrected chi connectivity index (χ0v) is 7.84. The van der Waals surface area contributed by atoms with E-state index in [9.17, 15) is 0 Å². The van der Waals surface area contributed by atoms with Crippen molar-refractivity contribution in [1.82, 2.24) is 5.32 Å². The van der Waals surface area contributed by atoms with Crippen LogP contribution in [0.5, 0.6) is 0 Å². The first-order valence-corrected chi connectivity index (χ1v) is 4.61. The SMILES string of the molecule is CCCCN[C@@H](C)c1ccco1. The molecule has 0 amide bonds. The fourth-order valence-electron chi connectivity index (χ4n) is 1.13. The van der Waals surface area contributed by atoms with Gasteiger partial charge in [0.05, 0.1) is 12.3 Å². The molecule has 0 spiro atoms. The molecular weight excluding hydrogens is 150 g/mol. The van der Waals surface area contributed by atoms with Gasteiger partial charge in [-0.05, 0) is 32.0 Å². The van der Waals surface area contributed by atoms with Crippen molar-refractivity contribution < 1.29 is 4.42 Å². The van der Waals surface area contributed by atoms with E-state index in [1.54, 1.807) is 6.26 Å². The highest BCUT2D eigenvalue weighted by Crippen LogP contribution is 2.11. The third kappa shape index (κ3) is 2.70. The first-order chi connectivity index (χ1) is 5.84. The highest BCUT2D eigenvalue weighted by Gasteiger charge is 2.05. The Kier molecular flexibility index (Phi) is 3.88. The van der Waals surface area contributed by atoms with E-state index in [2.05, 4.69) is 19.2 Å². The number of unbranched alkanes of at least 4 members (excludes halogenated alkanes) is 1. The molecular formula is C10H17NO. The average Bonchev–Trinajstić information content (AvgIpc) is 2.56. The molecule has 0 fully saturated rings. The molecule has 0 saturated carbocycles. The summed E-state index contributed by atoms with van der Waals surface area (Å²) in [6.07, 6.45) is 4.18. The monoisotopic (exact) mass is 167 g/mol. The van der Waals surface area contributed by atoms with E-state index in [4.69, 9.17) is 4.42 Å². The summed E-state index contributed by atoms with van der Waals surface area (Å²) in [6, 6.07) is 4.27. The van der Waals surface area contributed by atoms with Crippen LogP contribution in [0.1, 0.15) is 38.5 Å². The molecule has 1 heterocycles. The van der Waals surface area contributed by atoms with E-state index in [1.165, 1.54) is 12.8 Å². The van der Waals surface area contributed by atoms with Gasteiger partial charge in [0.1, 0.15) is 5.76 Å². The number of nitrogens with one attached hydrogen (secondary N) is 1. The van der Waals surface area contributed by atoms with Gasteiger partial charge in [-0.3, -0.25) is 0 Å². The molecule has 0 aliphatic rings. The van der Waals surface area contributed by atoms with Crippen molar-refractivity contribution >= 4 is 0 Å². The average molecular weight is 167 g/mol. The van der Waals surface area contributed by atoms with Gasteiger partial charge in [0.25, 0.3) is 0 Å². The maximum absolute atomic E-state index is 5.26. The van der Waals surface area contributed by atoms with Gasteiger partial charge in [0.15, 0.2) is 0 Å². The minimum Gasteiger partial charge on any atom is -0.468 e. The van der Waals surface area contributed by atoms with Crippen LogP contribution in [0.2, 0.25) is 0 Å². The fraction of sp³-hybridized carbons (Fsp3) is 0.600. The molecule has 0 bridgehead atoms. The molecule has 68 valence electrons. The van der Waals surface area contributed by atoms with Gasteiger partial charge < -0.3 is 9.73 Å². The number of rotatable bonds is 5. The topological polar surface area (TPSA) is 25.2 Å². The van der Waals surface area contributed by atoms with Crippen molar-refractivity contribution in [2.75, 3.05) is 6.54 Å². The molecule has 1 N–H and O–H groups in total. The lowest BCUT2D eigenvalue weighted by Crippen LogP contribution is -2.19. The maximum Gasteiger partial charge on any atom is 0.120 e. The summed E-state index contributed by atoms with van der Waals surface area (Å²) in [5.41, 5.74) is 0. The third-order valence-electron chi connectivity index (χ3n) is 1.95. The standard InChI is InChI=1S/C10H17NO/c1-3-4-7-11-9(2)10-6-5-8-12-10/h5-6,8-9,11H,3-4,7H2,1-2H3/t9-/m0/s1. The Morgan fingerprint density at radius 2 is 2.42 bits per heavy atom. The first-order valence-electron chi connectivity index (χ1n) is 4.61. The summed E-state index contributed by atoms with van der Waals surface area (Å²) < 4.78 is 5.26. The van der Waals surface area contributed by atoms with Gasteiger partial charge in [-0.1, -0.05) is 13.3 Å². The van der Waals surface area contributed by atoms with Crippen molar-refractivity contribution in [2.24, 2.45) is 0 Å². The smallest absolute Gasteiger partial charge is 0.120 e. The second kappa shape index (κ2) is 4.99. The lowest BCUT2D eigenvalue weighted by atomic mass is 10.2. The Hall–Kier alpha value is -0.760. The minimum atomic E-state index is 0.339. The van der Waals surface area contributed by atoms with Crippen LogP contribution >= 0.6 is 0 Å². The van der Waals surface area contributed by atoms with Crippen LogP contribution in [0.15, 0.2) is 22.8 Å². The molecule has 0 unspecified atom stereocenters. The highest BCUT2D eigenvalue weighted by atomic mass is 16.3. The normalized spacial score (nSPS) is 13.2. The van der Waals surface area contributed by atoms with Gasteiger partial charge in [-0.15, -0.1) is 0 Å². The quantitative estimate of drug-likeness (QED) is 0.682. The van der Waals surface area contributed by atoms with E-state index < -0.39 is 0 Å². The second-order valence-electron chi connectivity index (χ2n) is 3.04. The fourth-order valence-corrected chi connectivity index (χ4v) is 1.13. The molecule has 12 heavy (non-hydrogen) atoms. The van der Waals surface area contributed by atoms with E-state index >= 15 is 0 Å². The number of hydrogen-bond donors (Lipinski definition) is 1. The predicted molar refractivity (Wildman–Crippen MR) is 50.0 cm³/mol. The highest BCUT2D eigenvalue weighted by molar-refractivity contribution is 5.02. The zero-order valence-electron chi connectivity index (χ0n) is 7.84. The van der Waals surface area contributed by atoms with Crippen LogP contribution in [-0.2, 0) is 0 Å². The molecule has 1 aromatic heterocycles. The summed E-state index contributed by atoms with van der Waals surface area (Å²) in [5.74, 6) is 1.02. The van der Waals surface area contributed by atoms with Crippen LogP contribution in [0.25, 0.3) is 0 Å². The molecule has 2 heteroatoms. The van der Waals surface area contributed by atoms with Crippen LogP contribution in [0.3, 0.4) is 0 Å². The van der Waals surface area contributed by atoms with Crippen LogP contribution in [0, 0.1) is 0 Å². The summed E-state index contributed by atoms with van der Waals surface area (Å²) in [4.78, 5) is 0. The molecule has 0 aromatic carbocycles. The van der Waals surface area contributed by atoms with Gasteiger partial charge in [-0.2, -0.15) is 0 Å². The Morgan fingerprint density at radius 3 is 3.00 bits per heavy atom. The zero-order chi connectivity index (χ0) is 8.81. The minimum absolute atomic E-state index is 0.339. The Balaban J connectivity index is 2.25. The van der Waals surface area contributed by atoms with Crippen LogP contribution in [0.4, 0.5) is 0 Å². The molecule has 2 nitrogen and oxygen atoms in total. The largest absolute Gasteiger partial charge is 0.468 e. The van der Waals surface area contributed by atoms with Gasteiger partial charge >= 0.3 is 0 Å². The van der Waals surface area contributed by atoms with Gasteiger partial charge in [0.2, 0.25) is 0 Å². The molecule has 0 radical (unpaired) electrons. The first kappa shape index (κ1) is 9.33. The predicted octanol–water partition coefficient (Wildman–Crippen LogP) is 2.73. The second-order valence-corrected chi connectivity index (χ2v) is 3.04. The summed E-state index contributed by atoms with van der Waals surface area (Å²) in [6.45, 7) is 5.38. The Morgan fingerprint density at radius 1 is 1.58 bits per heavy atom. The lowest BCUT2D eigenvalue weighted by Gasteiger charge is -2.09. The molecule has 1 rings (SSSR count). The lowest BCUT2D eigenvalue weighted by molar-refractivity contribution is 0.428. The summed E-state index contributed by atoms with van der Waals surface area (Å²) in [5, 5.41) is 3.39. The third-order valence-corrected chi connectivity index (χ3v) is 1.95. The van der Waals surface area contributed by atoms with E-state index in [1.807, 2.05) is 12.1 Å². The van der Waals surface area contributed by atoms with Gasteiger partial charge in [-0.25, -0.2) is 0 Å². The van der Waals surface area contributed by atoms with E-state index in [-0.39, 0.29) is 0 Å². The molecule has 0 saturated heterocycles. The summed E-state index contributed by atoms with van der Waals surface area (Å²) in [7, 11) is 0. The van der Waals surface area contributed by atoms with Crippen LogP contribution in [-0.4, -0.2) is 6.54 Å². The summed E-state index contributed by atoms with van der Waals surface area (Å²) >= 11 is 0.